The third-order valence-corrected chi connectivity index (χ3v) is 2.54. The molecule has 0 atom stereocenters. The number of nitrogen functional groups attached to an aromatic ring is 1. The Bertz CT molecular complexity index is 569. The summed E-state index contributed by atoms with van der Waals surface area (Å²) < 4.78 is 5.20. The van der Waals surface area contributed by atoms with Crippen molar-refractivity contribution in [2.45, 2.75) is 6.54 Å². The molecule has 0 bridgehead atoms. The number of hydrogen-bond acceptors (Lipinski definition) is 5. The van der Waals surface area contributed by atoms with Crippen LogP contribution in [-0.2, 0) is 6.54 Å². The fourth-order valence-corrected chi connectivity index (χ4v) is 1.57. The van der Waals surface area contributed by atoms with Gasteiger partial charge in [0.25, 0.3) is 5.91 Å². The van der Waals surface area contributed by atoms with Crippen molar-refractivity contribution in [1.29, 1.82) is 0 Å². The molecule has 0 aliphatic carbocycles. The number of nitrogens with zero attached hydrogens (tertiary/aromatic N) is 2. The van der Waals surface area contributed by atoms with Crippen molar-refractivity contribution in [2.75, 3.05) is 12.8 Å². The third kappa shape index (κ3) is 3.19. The number of aromatic nitrogens is 2. The average molecular weight is 258 g/mol. The van der Waals surface area contributed by atoms with Crippen LogP contribution in [0.3, 0.4) is 0 Å². The summed E-state index contributed by atoms with van der Waals surface area (Å²) in [6.07, 6.45) is 2.69. The van der Waals surface area contributed by atoms with Crippen LogP contribution in [0.4, 0.5) is 5.82 Å². The van der Waals surface area contributed by atoms with E-state index in [4.69, 9.17) is 10.5 Å². The minimum atomic E-state index is -0.307. The molecule has 0 saturated heterocycles. The Kier molecular flexibility index (Phi) is 3.92. The molecule has 0 saturated carbocycles. The van der Waals surface area contributed by atoms with Crippen molar-refractivity contribution in [1.82, 2.24) is 15.3 Å². The first-order chi connectivity index (χ1) is 9.20. The molecule has 0 aliphatic rings. The Morgan fingerprint density at radius 1 is 1.32 bits per heavy atom. The highest BCUT2D eigenvalue weighted by Crippen LogP contribution is 2.16. The second-order valence-corrected chi connectivity index (χ2v) is 3.82. The topological polar surface area (TPSA) is 90.1 Å². The molecule has 2 rings (SSSR count). The maximum atomic E-state index is 11.8. The molecule has 2 aromatic rings. The summed E-state index contributed by atoms with van der Waals surface area (Å²) in [4.78, 5) is 19.6. The average Bonchev–Trinajstić information content (AvgIpc) is 2.45. The molecule has 19 heavy (non-hydrogen) atoms. The van der Waals surface area contributed by atoms with Gasteiger partial charge in [-0.3, -0.25) is 4.79 Å². The lowest BCUT2D eigenvalue weighted by atomic mass is 10.2. The van der Waals surface area contributed by atoms with Crippen LogP contribution in [-0.4, -0.2) is 23.0 Å². The number of benzene rings is 1. The van der Waals surface area contributed by atoms with Crippen molar-refractivity contribution in [3.05, 3.63) is 47.9 Å². The Balaban J connectivity index is 2.02. The lowest BCUT2D eigenvalue weighted by molar-refractivity contribution is 0.0945. The molecule has 1 amide bonds. The molecule has 0 spiro atoms. The first kappa shape index (κ1) is 12.8. The van der Waals surface area contributed by atoms with Gasteiger partial charge in [0.05, 0.1) is 19.5 Å². The number of nitrogens with two attached hydrogens (primary N) is 1. The molecule has 98 valence electrons. The van der Waals surface area contributed by atoms with Crippen molar-refractivity contribution < 1.29 is 9.53 Å². The van der Waals surface area contributed by atoms with Crippen LogP contribution in [0, 0.1) is 0 Å². The van der Waals surface area contributed by atoms with Gasteiger partial charge in [0.1, 0.15) is 17.3 Å². The predicted octanol–water partition coefficient (Wildman–Crippen LogP) is 0.997. The van der Waals surface area contributed by atoms with E-state index in [9.17, 15) is 4.79 Å². The predicted molar refractivity (Wildman–Crippen MR) is 70.6 cm³/mol. The van der Waals surface area contributed by atoms with Crippen LogP contribution < -0.4 is 15.8 Å². The van der Waals surface area contributed by atoms with E-state index in [2.05, 4.69) is 15.3 Å². The highest BCUT2D eigenvalue weighted by Gasteiger charge is 2.08. The molecule has 6 nitrogen and oxygen atoms in total. The fraction of sp³-hybridized carbons (Fsp3) is 0.154. The molecule has 0 radical (unpaired) electrons. The quantitative estimate of drug-likeness (QED) is 0.853. The number of hydrogen-bond donors (Lipinski definition) is 2. The molecule has 0 aliphatic heterocycles. The standard InChI is InChI=1S/C13H14N4O2/c1-19-11-5-3-2-4-9(11)6-17-13(18)10-7-16-12(14)8-15-10/h2-5,7-8H,6H2,1H3,(H2,14,16)(H,17,18). The number of para-hydroxylation sites is 1. The largest absolute Gasteiger partial charge is 0.496 e. The zero-order chi connectivity index (χ0) is 13.7. The lowest BCUT2D eigenvalue weighted by Gasteiger charge is -2.09. The van der Waals surface area contributed by atoms with E-state index in [1.165, 1.54) is 12.4 Å². The normalized spacial score (nSPS) is 9.95. The van der Waals surface area contributed by atoms with Gasteiger partial charge in [-0.25, -0.2) is 9.97 Å². The second kappa shape index (κ2) is 5.81. The van der Waals surface area contributed by atoms with Crippen molar-refractivity contribution in [3.63, 3.8) is 0 Å². The van der Waals surface area contributed by atoms with Crippen molar-refractivity contribution >= 4 is 11.7 Å². The number of amides is 1. The number of ether oxygens (including phenoxy) is 1. The maximum Gasteiger partial charge on any atom is 0.271 e. The van der Waals surface area contributed by atoms with Crippen LogP contribution in [0.1, 0.15) is 16.1 Å². The number of methoxy groups -OCH3 is 1. The fourth-order valence-electron chi connectivity index (χ4n) is 1.57. The monoisotopic (exact) mass is 258 g/mol. The van der Waals surface area contributed by atoms with Gasteiger partial charge in [-0.05, 0) is 6.07 Å². The van der Waals surface area contributed by atoms with Gasteiger partial charge < -0.3 is 15.8 Å². The van der Waals surface area contributed by atoms with Crippen LogP contribution in [0.5, 0.6) is 5.75 Å². The van der Waals surface area contributed by atoms with Gasteiger partial charge in [0, 0.05) is 12.1 Å². The number of nitrogens with one attached hydrogen (secondary N) is 1. The number of anilines is 1. The summed E-state index contributed by atoms with van der Waals surface area (Å²) in [7, 11) is 1.59. The van der Waals surface area contributed by atoms with Crippen LogP contribution in [0.25, 0.3) is 0 Å². The lowest BCUT2D eigenvalue weighted by Crippen LogP contribution is -2.24. The van der Waals surface area contributed by atoms with Gasteiger partial charge in [-0.1, -0.05) is 18.2 Å². The molecule has 0 unspecified atom stereocenters. The minimum absolute atomic E-state index is 0.226. The van der Waals surface area contributed by atoms with E-state index in [1.807, 2.05) is 24.3 Å². The van der Waals surface area contributed by atoms with Gasteiger partial charge in [-0.2, -0.15) is 0 Å². The summed E-state index contributed by atoms with van der Waals surface area (Å²) in [5, 5.41) is 2.75. The van der Waals surface area contributed by atoms with Crippen LogP contribution >= 0.6 is 0 Å². The number of rotatable bonds is 4. The van der Waals surface area contributed by atoms with E-state index < -0.39 is 0 Å². The molecule has 1 aromatic carbocycles. The van der Waals surface area contributed by atoms with E-state index in [1.54, 1.807) is 7.11 Å². The minimum Gasteiger partial charge on any atom is -0.496 e. The van der Waals surface area contributed by atoms with E-state index in [-0.39, 0.29) is 17.4 Å². The zero-order valence-electron chi connectivity index (χ0n) is 10.5. The third-order valence-electron chi connectivity index (χ3n) is 2.54. The number of carbonyl (C=O) groups is 1. The van der Waals surface area contributed by atoms with E-state index in [0.29, 0.717) is 6.54 Å². The first-order valence-corrected chi connectivity index (χ1v) is 5.68. The smallest absolute Gasteiger partial charge is 0.271 e. The van der Waals surface area contributed by atoms with Crippen LogP contribution in [0.2, 0.25) is 0 Å². The SMILES string of the molecule is COc1ccccc1CNC(=O)c1cnc(N)cn1. The van der Waals surface area contributed by atoms with Gasteiger partial charge in [0.2, 0.25) is 0 Å². The molecule has 0 fully saturated rings. The maximum absolute atomic E-state index is 11.8. The zero-order valence-corrected chi connectivity index (χ0v) is 10.5. The van der Waals surface area contributed by atoms with Crippen molar-refractivity contribution in [2.24, 2.45) is 0 Å². The van der Waals surface area contributed by atoms with E-state index in [0.717, 1.165) is 11.3 Å². The molecular weight excluding hydrogens is 244 g/mol. The number of carbonyl (C=O) groups excluding carboxylic acids is 1. The highest BCUT2D eigenvalue weighted by molar-refractivity contribution is 5.91. The Morgan fingerprint density at radius 3 is 2.79 bits per heavy atom. The van der Waals surface area contributed by atoms with Gasteiger partial charge in [0.15, 0.2) is 0 Å². The Labute approximate surface area is 110 Å². The highest BCUT2D eigenvalue weighted by atomic mass is 16.5. The molecule has 3 N–H and O–H groups in total. The Hall–Kier alpha value is -2.63. The summed E-state index contributed by atoms with van der Waals surface area (Å²) in [5.41, 5.74) is 6.52. The molecule has 1 heterocycles. The van der Waals surface area contributed by atoms with Crippen molar-refractivity contribution in [3.8, 4) is 5.75 Å². The molecule has 6 heteroatoms. The second-order valence-electron chi connectivity index (χ2n) is 3.82. The summed E-state index contributed by atoms with van der Waals surface area (Å²) in [6.45, 7) is 0.356. The van der Waals surface area contributed by atoms with E-state index >= 15 is 0 Å². The molecule has 1 aromatic heterocycles. The van der Waals surface area contributed by atoms with Gasteiger partial charge in [-0.15, -0.1) is 0 Å². The Morgan fingerprint density at radius 2 is 2.11 bits per heavy atom. The summed E-state index contributed by atoms with van der Waals surface area (Å²) in [6, 6.07) is 7.47. The first-order valence-electron chi connectivity index (χ1n) is 5.68. The summed E-state index contributed by atoms with van der Waals surface area (Å²) in [5.74, 6) is 0.700. The van der Waals surface area contributed by atoms with Gasteiger partial charge >= 0.3 is 0 Å². The summed E-state index contributed by atoms with van der Waals surface area (Å²) >= 11 is 0. The molecular formula is C13H14N4O2. The van der Waals surface area contributed by atoms with Crippen LogP contribution in [0.15, 0.2) is 36.7 Å².